The first-order chi connectivity index (χ1) is 7.52. The standard InChI is InChI=1S/C10H14N2O4/c1-7(13)6-11-8-3-9(12(14)15)5-10(4-8)16-2/h3-5,7,11,13H,6H2,1-2H3. The van der Waals surface area contributed by atoms with E-state index in [1.54, 1.807) is 13.0 Å². The van der Waals surface area contributed by atoms with Crippen LogP contribution in [0, 0.1) is 10.1 Å². The topological polar surface area (TPSA) is 84.6 Å². The van der Waals surface area contributed by atoms with Gasteiger partial charge in [0.15, 0.2) is 0 Å². The van der Waals surface area contributed by atoms with Gasteiger partial charge < -0.3 is 15.2 Å². The Labute approximate surface area is 93.0 Å². The molecule has 0 radical (unpaired) electrons. The van der Waals surface area contributed by atoms with Crippen LogP contribution < -0.4 is 10.1 Å². The summed E-state index contributed by atoms with van der Waals surface area (Å²) in [6.07, 6.45) is -0.523. The zero-order valence-corrected chi connectivity index (χ0v) is 9.14. The number of hydrogen-bond donors (Lipinski definition) is 2. The minimum absolute atomic E-state index is 0.0487. The van der Waals surface area contributed by atoms with Crippen molar-refractivity contribution in [2.45, 2.75) is 13.0 Å². The van der Waals surface area contributed by atoms with Gasteiger partial charge >= 0.3 is 0 Å². The molecule has 16 heavy (non-hydrogen) atoms. The van der Waals surface area contributed by atoms with E-state index in [1.807, 2.05) is 0 Å². The Kier molecular flexibility index (Phi) is 4.07. The van der Waals surface area contributed by atoms with E-state index in [0.717, 1.165) is 0 Å². The fourth-order valence-electron chi connectivity index (χ4n) is 1.17. The maximum absolute atomic E-state index is 10.6. The number of non-ortho nitro benzene ring substituents is 1. The first-order valence-corrected chi connectivity index (χ1v) is 4.78. The molecule has 0 fully saturated rings. The number of nitrogens with zero attached hydrogens (tertiary/aromatic N) is 1. The highest BCUT2D eigenvalue weighted by molar-refractivity contribution is 5.56. The van der Waals surface area contributed by atoms with E-state index in [-0.39, 0.29) is 5.69 Å². The number of nitro groups is 1. The van der Waals surface area contributed by atoms with Gasteiger partial charge in [-0.3, -0.25) is 10.1 Å². The lowest BCUT2D eigenvalue weighted by Gasteiger charge is -2.09. The third-order valence-corrected chi connectivity index (χ3v) is 1.94. The average molecular weight is 226 g/mol. The van der Waals surface area contributed by atoms with Gasteiger partial charge in [0.05, 0.1) is 24.2 Å². The summed E-state index contributed by atoms with van der Waals surface area (Å²) in [5.41, 5.74) is 0.499. The van der Waals surface area contributed by atoms with Crippen LogP contribution in [-0.4, -0.2) is 29.8 Å². The molecular weight excluding hydrogens is 212 g/mol. The average Bonchev–Trinajstić information content (AvgIpc) is 2.25. The van der Waals surface area contributed by atoms with Crippen molar-refractivity contribution in [1.82, 2.24) is 0 Å². The summed E-state index contributed by atoms with van der Waals surface area (Å²) in [5.74, 6) is 0.405. The number of nitro benzene ring substituents is 1. The normalized spacial score (nSPS) is 11.9. The molecule has 0 aromatic heterocycles. The molecule has 0 amide bonds. The van der Waals surface area contributed by atoms with Crippen LogP contribution in [0.25, 0.3) is 0 Å². The maximum Gasteiger partial charge on any atom is 0.275 e. The number of aliphatic hydroxyl groups is 1. The molecular formula is C10H14N2O4. The monoisotopic (exact) mass is 226 g/mol. The second-order valence-electron chi connectivity index (χ2n) is 3.41. The van der Waals surface area contributed by atoms with Gasteiger partial charge in [0.2, 0.25) is 0 Å². The van der Waals surface area contributed by atoms with Crippen LogP contribution in [-0.2, 0) is 0 Å². The number of nitrogens with one attached hydrogen (secondary N) is 1. The summed E-state index contributed by atoms with van der Waals surface area (Å²) >= 11 is 0. The van der Waals surface area contributed by atoms with Crippen molar-refractivity contribution >= 4 is 11.4 Å². The molecule has 1 aromatic rings. The largest absolute Gasteiger partial charge is 0.496 e. The molecule has 1 atom stereocenters. The van der Waals surface area contributed by atoms with Gasteiger partial charge in [-0.1, -0.05) is 0 Å². The minimum atomic E-state index is -0.523. The van der Waals surface area contributed by atoms with Gasteiger partial charge in [0.1, 0.15) is 5.75 Å². The predicted molar refractivity (Wildman–Crippen MR) is 59.8 cm³/mol. The van der Waals surface area contributed by atoms with Gasteiger partial charge in [-0.15, -0.1) is 0 Å². The first kappa shape index (κ1) is 12.3. The van der Waals surface area contributed by atoms with Crippen molar-refractivity contribution in [3.63, 3.8) is 0 Å². The molecule has 0 aliphatic heterocycles. The summed E-state index contributed by atoms with van der Waals surface area (Å²) < 4.78 is 4.95. The van der Waals surface area contributed by atoms with E-state index in [1.165, 1.54) is 19.2 Å². The number of aliphatic hydroxyl groups excluding tert-OH is 1. The lowest BCUT2D eigenvalue weighted by molar-refractivity contribution is -0.384. The molecule has 1 rings (SSSR count). The molecule has 0 spiro atoms. The van der Waals surface area contributed by atoms with Gasteiger partial charge in [-0.25, -0.2) is 0 Å². The molecule has 0 saturated heterocycles. The van der Waals surface area contributed by atoms with Gasteiger partial charge in [-0.05, 0) is 6.92 Å². The molecule has 0 aliphatic carbocycles. The quantitative estimate of drug-likeness (QED) is 0.585. The number of anilines is 1. The van der Waals surface area contributed by atoms with Crippen molar-refractivity contribution in [2.24, 2.45) is 0 Å². The fourth-order valence-corrected chi connectivity index (χ4v) is 1.17. The lowest BCUT2D eigenvalue weighted by atomic mass is 10.2. The molecule has 88 valence electrons. The Hall–Kier alpha value is -1.82. The van der Waals surface area contributed by atoms with Crippen LogP contribution in [0.5, 0.6) is 5.75 Å². The third kappa shape index (κ3) is 3.39. The minimum Gasteiger partial charge on any atom is -0.496 e. The van der Waals surface area contributed by atoms with Crippen LogP contribution in [0.3, 0.4) is 0 Å². The Morgan fingerprint density at radius 1 is 1.56 bits per heavy atom. The van der Waals surface area contributed by atoms with E-state index in [4.69, 9.17) is 9.84 Å². The molecule has 1 unspecified atom stereocenters. The number of benzene rings is 1. The Balaban J connectivity index is 2.90. The van der Waals surface area contributed by atoms with E-state index in [2.05, 4.69) is 5.32 Å². The van der Waals surface area contributed by atoms with Crippen molar-refractivity contribution in [3.05, 3.63) is 28.3 Å². The highest BCUT2D eigenvalue weighted by Crippen LogP contribution is 2.25. The highest BCUT2D eigenvalue weighted by Gasteiger charge is 2.10. The van der Waals surface area contributed by atoms with Crippen LogP contribution in [0.15, 0.2) is 18.2 Å². The second-order valence-corrected chi connectivity index (χ2v) is 3.41. The molecule has 6 nitrogen and oxygen atoms in total. The molecule has 0 aliphatic rings. The highest BCUT2D eigenvalue weighted by atomic mass is 16.6. The first-order valence-electron chi connectivity index (χ1n) is 4.78. The van der Waals surface area contributed by atoms with Crippen molar-refractivity contribution < 1.29 is 14.8 Å². The second kappa shape index (κ2) is 5.32. The molecule has 2 N–H and O–H groups in total. The summed E-state index contributed by atoms with van der Waals surface area (Å²) in [4.78, 5) is 10.1. The SMILES string of the molecule is COc1cc(NCC(C)O)cc([N+](=O)[O-])c1. The van der Waals surface area contributed by atoms with Crippen LogP contribution >= 0.6 is 0 Å². The van der Waals surface area contributed by atoms with Gasteiger partial charge in [0.25, 0.3) is 5.69 Å². The number of methoxy groups -OCH3 is 1. The predicted octanol–water partition coefficient (Wildman–Crippen LogP) is 1.40. The summed E-state index contributed by atoms with van der Waals surface area (Å²) in [6, 6.07) is 4.37. The van der Waals surface area contributed by atoms with Crippen LogP contribution in [0.4, 0.5) is 11.4 Å². The van der Waals surface area contributed by atoms with Crippen molar-refractivity contribution in [2.75, 3.05) is 19.0 Å². The van der Waals surface area contributed by atoms with E-state index >= 15 is 0 Å². The fraction of sp³-hybridized carbons (Fsp3) is 0.400. The Morgan fingerprint density at radius 3 is 2.75 bits per heavy atom. The lowest BCUT2D eigenvalue weighted by Crippen LogP contribution is -2.15. The zero-order valence-electron chi connectivity index (χ0n) is 9.14. The molecule has 0 heterocycles. The van der Waals surface area contributed by atoms with E-state index < -0.39 is 11.0 Å². The number of rotatable bonds is 5. The maximum atomic E-state index is 10.6. The zero-order chi connectivity index (χ0) is 12.1. The van der Waals surface area contributed by atoms with Crippen molar-refractivity contribution in [1.29, 1.82) is 0 Å². The van der Waals surface area contributed by atoms with Gasteiger partial charge in [-0.2, -0.15) is 0 Å². The van der Waals surface area contributed by atoms with E-state index in [9.17, 15) is 10.1 Å². The Morgan fingerprint density at radius 2 is 2.25 bits per heavy atom. The molecule has 0 bridgehead atoms. The van der Waals surface area contributed by atoms with Crippen LogP contribution in [0.1, 0.15) is 6.92 Å². The number of hydrogen-bond acceptors (Lipinski definition) is 5. The summed E-state index contributed by atoms with van der Waals surface area (Å²) in [6.45, 7) is 1.95. The van der Waals surface area contributed by atoms with Crippen LogP contribution in [0.2, 0.25) is 0 Å². The third-order valence-electron chi connectivity index (χ3n) is 1.94. The smallest absolute Gasteiger partial charge is 0.275 e. The number of ether oxygens (including phenoxy) is 1. The Bertz CT molecular complexity index is 379. The van der Waals surface area contributed by atoms with Gasteiger partial charge in [0, 0.05) is 24.4 Å². The molecule has 0 saturated carbocycles. The summed E-state index contributed by atoms with van der Waals surface area (Å²) in [7, 11) is 1.44. The van der Waals surface area contributed by atoms with Crippen molar-refractivity contribution in [3.8, 4) is 5.75 Å². The molecule has 1 aromatic carbocycles. The molecule has 6 heteroatoms. The van der Waals surface area contributed by atoms with E-state index in [0.29, 0.717) is 18.0 Å². The summed E-state index contributed by atoms with van der Waals surface area (Å²) in [5, 5.41) is 22.6.